The molecule has 4 aromatic rings. The van der Waals surface area contributed by atoms with Gasteiger partial charge in [0.15, 0.2) is 5.13 Å². The molecule has 0 bridgehead atoms. The van der Waals surface area contributed by atoms with E-state index in [1.807, 2.05) is 60.0 Å². The van der Waals surface area contributed by atoms with E-state index in [-0.39, 0.29) is 5.91 Å². The molecule has 0 atom stereocenters. The van der Waals surface area contributed by atoms with Gasteiger partial charge in [0.05, 0.1) is 5.69 Å². The third-order valence-corrected chi connectivity index (χ3v) is 5.71. The normalized spacial score (nSPS) is 10.9. The van der Waals surface area contributed by atoms with Crippen LogP contribution in [0.1, 0.15) is 23.6 Å². The molecule has 0 unspecified atom stereocenters. The average molecular weight is 441 g/mol. The first-order chi connectivity index (χ1) is 15.7. The first-order valence-corrected chi connectivity index (χ1v) is 11.4. The lowest BCUT2D eigenvalue weighted by Crippen LogP contribution is -2.07. The zero-order valence-corrected chi connectivity index (χ0v) is 18.6. The molecular weight excluding hydrogens is 416 g/mol. The number of ether oxygens (including phenoxy) is 1. The van der Waals surface area contributed by atoms with E-state index >= 15 is 0 Å². The summed E-state index contributed by atoms with van der Waals surface area (Å²) in [5, 5.41) is 5.37. The molecule has 0 saturated carbocycles. The van der Waals surface area contributed by atoms with Gasteiger partial charge in [-0.3, -0.25) is 10.1 Å². The van der Waals surface area contributed by atoms with Crippen molar-refractivity contribution in [2.24, 2.45) is 0 Å². The minimum absolute atomic E-state index is 0.211. The number of amides is 1. The number of rotatable bonds is 8. The van der Waals surface area contributed by atoms with Crippen molar-refractivity contribution >= 4 is 28.5 Å². The molecular formula is C27H24N2O2S. The first kappa shape index (κ1) is 21.5. The molecule has 1 amide bonds. The zero-order chi connectivity index (χ0) is 22.2. The Morgan fingerprint density at radius 3 is 2.44 bits per heavy atom. The Balaban J connectivity index is 1.30. The summed E-state index contributed by atoms with van der Waals surface area (Å²) in [4.78, 5) is 16.8. The molecule has 1 heterocycles. The lowest BCUT2D eigenvalue weighted by Gasteiger charge is -2.06. The Bertz CT molecular complexity index is 1180. The molecule has 4 rings (SSSR count). The predicted octanol–water partition coefficient (Wildman–Crippen LogP) is 6.60. The van der Waals surface area contributed by atoms with Crippen molar-refractivity contribution in [2.75, 3.05) is 5.32 Å². The third kappa shape index (κ3) is 5.93. The van der Waals surface area contributed by atoms with Crippen LogP contribution in [0.4, 0.5) is 5.13 Å². The molecule has 1 N–H and O–H groups in total. The monoisotopic (exact) mass is 440 g/mol. The number of benzene rings is 3. The van der Waals surface area contributed by atoms with Gasteiger partial charge in [-0.1, -0.05) is 73.7 Å². The van der Waals surface area contributed by atoms with Gasteiger partial charge < -0.3 is 4.74 Å². The van der Waals surface area contributed by atoms with E-state index in [0.29, 0.717) is 11.7 Å². The highest BCUT2D eigenvalue weighted by Gasteiger charge is 2.06. The number of aromatic nitrogens is 1. The quantitative estimate of drug-likeness (QED) is 0.314. The van der Waals surface area contributed by atoms with Gasteiger partial charge in [0.2, 0.25) is 5.91 Å². The van der Waals surface area contributed by atoms with Gasteiger partial charge in [-0.15, -0.1) is 11.3 Å². The van der Waals surface area contributed by atoms with Crippen LogP contribution >= 0.6 is 11.3 Å². The number of anilines is 1. The van der Waals surface area contributed by atoms with E-state index in [1.165, 1.54) is 23.0 Å². The maximum atomic E-state index is 12.3. The Kier molecular flexibility index (Phi) is 7.10. The smallest absolute Gasteiger partial charge is 0.250 e. The summed E-state index contributed by atoms with van der Waals surface area (Å²) in [6.07, 6.45) is 4.29. The van der Waals surface area contributed by atoms with Crippen LogP contribution in [0, 0.1) is 0 Å². The van der Waals surface area contributed by atoms with Gasteiger partial charge in [0, 0.05) is 17.0 Å². The summed E-state index contributed by atoms with van der Waals surface area (Å²) in [5.41, 5.74) is 5.24. The SMILES string of the molecule is CCc1ccc(-c2csc(NC(=O)/C=C/c3ccc(OCc4ccccc4)cc3)n2)cc1. The van der Waals surface area contributed by atoms with Gasteiger partial charge >= 0.3 is 0 Å². The summed E-state index contributed by atoms with van der Waals surface area (Å²) < 4.78 is 5.79. The molecule has 0 fully saturated rings. The second-order valence-corrected chi connectivity index (χ2v) is 8.11. The van der Waals surface area contributed by atoms with Crippen LogP contribution in [-0.4, -0.2) is 10.9 Å². The van der Waals surface area contributed by atoms with Crippen molar-refractivity contribution in [3.63, 3.8) is 0 Å². The fraction of sp³-hybridized carbons (Fsp3) is 0.111. The van der Waals surface area contributed by atoms with Gasteiger partial charge in [0.25, 0.3) is 0 Å². The van der Waals surface area contributed by atoms with Gasteiger partial charge in [-0.05, 0) is 41.3 Å². The van der Waals surface area contributed by atoms with Gasteiger partial charge in [-0.25, -0.2) is 4.98 Å². The van der Waals surface area contributed by atoms with Crippen molar-refractivity contribution in [1.82, 2.24) is 4.98 Å². The van der Waals surface area contributed by atoms with Crippen LogP contribution in [0.2, 0.25) is 0 Å². The Hall–Kier alpha value is -3.70. The number of carbonyl (C=O) groups is 1. The summed E-state index contributed by atoms with van der Waals surface area (Å²) in [7, 11) is 0. The number of thiazole rings is 1. The lowest BCUT2D eigenvalue weighted by atomic mass is 10.1. The molecule has 1 aromatic heterocycles. The molecule has 0 aliphatic heterocycles. The average Bonchev–Trinajstić information content (AvgIpc) is 3.31. The maximum absolute atomic E-state index is 12.3. The molecule has 5 heteroatoms. The van der Waals surface area contributed by atoms with Crippen LogP contribution in [-0.2, 0) is 17.8 Å². The predicted molar refractivity (Wildman–Crippen MR) is 132 cm³/mol. The molecule has 32 heavy (non-hydrogen) atoms. The first-order valence-electron chi connectivity index (χ1n) is 10.5. The lowest BCUT2D eigenvalue weighted by molar-refractivity contribution is -0.111. The molecule has 3 aromatic carbocycles. The number of carbonyl (C=O) groups excluding carboxylic acids is 1. The third-order valence-electron chi connectivity index (χ3n) is 4.95. The fourth-order valence-electron chi connectivity index (χ4n) is 3.11. The summed E-state index contributed by atoms with van der Waals surface area (Å²) in [6, 6.07) is 26.0. The van der Waals surface area contributed by atoms with Crippen LogP contribution in [0.5, 0.6) is 5.75 Å². The second-order valence-electron chi connectivity index (χ2n) is 7.25. The molecule has 0 aliphatic rings. The highest BCUT2D eigenvalue weighted by Crippen LogP contribution is 2.25. The Morgan fingerprint density at radius 1 is 0.969 bits per heavy atom. The number of hydrogen-bond acceptors (Lipinski definition) is 4. The van der Waals surface area contributed by atoms with Crippen molar-refractivity contribution in [1.29, 1.82) is 0 Å². The standard InChI is InChI=1S/C27H24N2O2S/c1-2-20-8-13-23(14-9-20)25-19-32-27(28-25)29-26(30)17-12-21-10-15-24(16-11-21)31-18-22-6-4-3-5-7-22/h3-17,19H,2,18H2,1H3,(H,28,29,30)/b17-12+. The highest BCUT2D eigenvalue weighted by molar-refractivity contribution is 7.14. The van der Waals surface area contributed by atoms with Crippen LogP contribution in [0.15, 0.2) is 90.3 Å². The zero-order valence-electron chi connectivity index (χ0n) is 17.8. The number of aryl methyl sites for hydroxylation is 1. The van der Waals surface area contributed by atoms with Crippen LogP contribution in [0.3, 0.4) is 0 Å². The topological polar surface area (TPSA) is 51.2 Å². The van der Waals surface area contributed by atoms with Crippen LogP contribution in [0.25, 0.3) is 17.3 Å². The molecule has 0 saturated heterocycles. The van der Waals surface area contributed by atoms with E-state index < -0.39 is 0 Å². The maximum Gasteiger partial charge on any atom is 0.250 e. The van der Waals surface area contributed by atoms with Crippen molar-refractivity contribution in [3.8, 4) is 17.0 Å². The minimum atomic E-state index is -0.211. The molecule has 0 aliphatic carbocycles. The minimum Gasteiger partial charge on any atom is -0.489 e. The van der Waals surface area contributed by atoms with E-state index in [2.05, 4.69) is 41.5 Å². The van der Waals surface area contributed by atoms with Crippen LogP contribution < -0.4 is 10.1 Å². The largest absolute Gasteiger partial charge is 0.489 e. The van der Waals surface area contributed by atoms with Crippen molar-refractivity contribution in [3.05, 3.63) is 107 Å². The van der Waals surface area contributed by atoms with Crippen molar-refractivity contribution < 1.29 is 9.53 Å². The molecule has 0 radical (unpaired) electrons. The molecule has 160 valence electrons. The Morgan fingerprint density at radius 2 is 1.72 bits per heavy atom. The summed E-state index contributed by atoms with van der Waals surface area (Å²) in [5.74, 6) is 0.578. The van der Waals surface area contributed by atoms with E-state index in [0.717, 1.165) is 34.6 Å². The number of hydrogen-bond donors (Lipinski definition) is 1. The van der Waals surface area contributed by atoms with E-state index in [9.17, 15) is 4.79 Å². The van der Waals surface area contributed by atoms with Gasteiger partial charge in [0.1, 0.15) is 12.4 Å². The summed E-state index contributed by atoms with van der Waals surface area (Å²) in [6.45, 7) is 2.66. The van der Waals surface area contributed by atoms with E-state index in [1.54, 1.807) is 6.08 Å². The van der Waals surface area contributed by atoms with Gasteiger partial charge in [-0.2, -0.15) is 0 Å². The Labute approximate surface area is 192 Å². The molecule has 4 nitrogen and oxygen atoms in total. The van der Waals surface area contributed by atoms with Crippen molar-refractivity contribution in [2.45, 2.75) is 20.0 Å². The number of nitrogens with one attached hydrogen (secondary N) is 1. The molecule has 0 spiro atoms. The summed E-state index contributed by atoms with van der Waals surface area (Å²) >= 11 is 1.42. The fourth-order valence-corrected chi connectivity index (χ4v) is 3.83. The van der Waals surface area contributed by atoms with E-state index in [4.69, 9.17) is 4.74 Å². The number of nitrogens with zero attached hydrogens (tertiary/aromatic N) is 1. The second kappa shape index (κ2) is 10.6. The highest BCUT2D eigenvalue weighted by atomic mass is 32.1.